The van der Waals surface area contributed by atoms with Gasteiger partial charge in [-0.05, 0) is 123 Å². The number of rotatable bonds is 6. The van der Waals surface area contributed by atoms with E-state index in [1.165, 1.54) is 49.0 Å². The molecule has 9 aromatic rings. The fraction of sp³-hybridized carbons (Fsp3) is 0.0833. The van der Waals surface area contributed by atoms with Gasteiger partial charge in [0, 0.05) is 59.0 Å². The minimum atomic E-state index is -5.97. The van der Waals surface area contributed by atoms with Crippen molar-refractivity contribution in [2.45, 2.75) is 24.8 Å². The number of thiophene rings is 2. The van der Waals surface area contributed by atoms with Crippen LogP contribution in [-0.2, 0) is 23.0 Å². The maximum atomic E-state index is 13.8. The lowest BCUT2D eigenvalue weighted by Crippen LogP contribution is -2.28. The summed E-state index contributed by atoms with van der Waals surface area (Å²) in [5.41, 5.74) is 3.22. The zero-order chi connectivity index (χ0) is 39.3. The Morgan fingerprint density at radius 3 is 2.19 bits per heavy atom. The van der Waals surface area contributed by atoms with E-state index in [0.717, 1.165) is 66.6 Å². The van der Waals surface area contributed by atoms with Gasteiger partial charge in [-0.2, -0.15) is 21.6 Å². The van der Waals surface area contributed by atoms with E-state index in [1.807, 2.05) is 64.8 Å². The molecule has 2 aromatic heterocycles. The molecule has 284 valence electrons. The molecule has 0 saturated heterocycles. The van der Waals surface area contributed by atoms with Gasteiger partial charge in [0.15, 0.2) is 0 Å². The molecule has 0 amide bonds. The van der Waals surface area contributed by atoms with Gasteiger partial charge in [-0.25, -0.2) is 0 Å². The highest BCUT2D eigenvalue weighted by molar-refractivity contribution is 7.88. The number of fused-ring (bicyclic) bond motifs is 10. The average molecular weight is 822 g/mol. The van der Waals surface area contributed by atoms with E-state index in [0.29, 0.717) is 17.7 Å². The van der Waals surface area contributed by atoms with Crippen molar-refractivity contribution in [3.05, 3.63) is 167 Å². The van der Waals surface area contributed by atoms with Crippen molar-refractivity contribution in [2.75, 3.05) is 4.90 Å². The Hall–Kier alpha value is -5.94. The molecule has 0 bridgehead atoms. The van der Waals surface area contributed by atoms with Gasteiger partial charge < -0.3 is 9.08 Å². The van der Waals surface area contributed by atoms with Crippen LogP contribution in [0.15, 0.2) is 140 Å². The highest BCUT2D eigenvalue weighted by Gasteiger charge is 2.49. The van der Waals surface area contributed by atoms with Crippen molar-refractivity contribution in [2.24, 2.45) is 0 Å². The van der Waals surface area contributed by atoms with Gasteiger partial charge in [-0.3, -0.25) is 0 Å². The van der Waals surface area contributed by atoms with Crippen molar-refractivity contribution in [3.63, 3.8) is 0 Å². The zero-order valence-corrected chi connectivity index (χ0v) is 33.0. The first kappa shape index (κ1) is 35.2. The summed E-state index contributed by atoms with van der Waals surface area (Å²) in [6.45, 7) is 0. The summed E-state index contributed by atoms with van der Waals surface area (Å²) in [5, 5.41) is 5.88. The summed E-state index contributed by atoms with van der Waals surface area (Å²) in [4.78, 5) is 3.34. The summed E-state index contributed by atoms with van der Waals surface area (Å²) in [6.07, 6.45) is 4.52. The molecule has 4 nitrogen and oxygen atoms in total. The minimum absolute atomic E-state index is 0.410. The normalized spacial score (nSPS) is 13.8. The monoisotopic (exact) mass is 821 g/mol. The minimum Gasteiger partial charge on any atom is -0.376 e. The van der Waals surface area contributed by atoms with E-state index in [-0.39, 0.29) is 0 Å². The van der Waals surface area contributed by atoms with Crippen LogP contribution in [0.2, 0.25) is 0 Å². The third kappa shape index (κ3) is 5.73. The maximum Gasteiger partial charge on any atom is 0.534 e. The molecular formula is C48H30F3NO3S3. The Kier molecular flexibility index (Phi) is 7.92. The predicted octanol–water partition coefficient (Wildman–Crippen LogP) is 14.2. The van der Waals surface area contributed by atoms with Crippen LogP contribution < -0.4 is 9.08 Å². The van der Waals surface area contributed by atoms with Gasteiger partial charge in [0.05, 0.1) is 5.69 Å². The van der Waals surface area contributed by atoms with E-state index in [1.54, 1.807) is 11.3 Å². The Labute approximate surface area is 339 Å². The van der Waals surface area contributed by atoms with E-state index in [4.69, 9.17) is 4.18 Å². The second-order valence-electron chi connectivity index (χ2n) is 14.8. The van der Waals surface area contributed by atoms with Crippen LogP contribution in [0.3, 0.4) is 0 Å². The van der Waals surface area contributed by atoms with Crippen LogP contribution in [0.4, 0.5) is 30.2 Å². The van der Waals surface area contributed by atoms with Gasteiger partial charge in [0.2, 0.25) is 0 Å². The third-order valence-electron chi connectivity index (χ3n) is 11.3. The maximum absolute atomic E-state index is 13.8. The average Bonchev–Trinajstić information content (AvgIpc) is 3.90. The van der Waals surface area contributed by atoms with Crippen LogP contribution in [0.25, 0.3) is 63.8 Å². The number of hydrogen-bond acceptors (Lipinski definition) is 6. The molecule has 0 spiro atoms. The second-order valence-corrected chi connectivity index (χ2v) is 18.5. The van der Waals surface area contributed by atoms with Crippen LogP contribution in [0, 0.1) is 0 Å². The van der Waals surface area contributed by atoms with Gasteiger partial charge in [-0.15, -0.1) is 22.7 Å². The first-order valence-corrected chi connectivity index (χ1v) is 21.8. The molecule has 7 aromatic carbocycles. The number of benzene rings is 7. The smallest absolute Gasteiger partial charge is 0.376 e. The molecule has 2 heterocycles. The number of anilines is 3. The molecule has 0 saturated carbocycles. The quantitative estimate of drug-likeness (QED) is 0.124. The van der Waals surface area contributed by atoms with Crippen LogP contribution in [-0.4, -0.2) is 13.9 Å². The largest absolute Gasteiger partial charge is 0.534 e. The Balaban J connectivity index is 1.08. The molecule has 10 heteroatoms. The summed E-state index contributed by atoms with van der Waals surface area (Å²) in [5.74, 6) is -0.410. The molecule has 0 aliphatic heterocycles. The molecule has 2 aliphatic rings. The lowest BCUT2D eigenvalue weighted by atomic mass is 9.90. The van der Waals surface area contributed by atoms with Crippen molar-refractivity contribution in [3.8, 4) is 16.9 Å². The fourth-order valence-electron chi connectivity index (χ4n) is 8.63. The van der Waals surface area contributed by atoms with Gasteiger partial charge >= 0.3 is 15.6 Å². The summed E-state index contributed by atoms with van der Waals surface area (Å²) in [7, 11) is -5.97. The van der Waals surface area contributed by atoms with Crippen molar-refractivity contribution >= 4 is 103 Å². The van der Waals surface area contributed by atoms with Crippen molar-refractivity contribution < 1.29 is 25.8 Å². The van der Waals surface area contributed by atoms with E-state index in [2.05, 4.69) is 84.9 Å². The van der Waals surface area contributed by atoms with Crippen LogP contribution >= 0.6 is 22.7 Å². The van der Waals surface area contributed by atoms with Gasteiger partial charge in [0.1, 0.15) is 5.75 Å². The first-order chi connectivity index (χ1) is 28.1. The second kappa shape index (κ2) is 13.0. The molecule has 0 radical (unpaired) electrons. The highest BCUT2D eigenvalue weighted by Crippen LogP contribution is 2.50. The molecule has 0 fully saturated rings. The predicted molar refractivity (Wildman–Crippen MR) is 233 cm³/mol. The fourth-order valence-corrected chi connectivity index (χ4v) is 11.4. The summed E-state index contributed by atoms with van der Waals surface area (Å²) < 4.78 is 75.0. The molecule has 0 unspecified atom stereocenters. The van der Waals surface area contributed by atoms with E-state index < -0.39 is 21.4 Å². The van der Waals surface area contributed by atoms with E-state index >= 15 is 0 Å². The number of nitrogens with zero attached hydrogens (tertiary/aromatic N) is 1. The van der Waals surface area contributed by atoms with Crippen LogP contribution in [0.5, 0.6) is 5.75 Å². The summed E-state index contributed by atoms with van der Waals surface area (Å²) >= 11 is 3.51. The lowest BCUT2D eigenvalue weighted by molar-refractivity contribution is -0.0500. The molecule has 58 heavy (non-hydrogen) atoms. The van der Waals surface area contributed by atoms with Gasteiger partial charge in [0.25, 0.3) is 0 Å². The number of alkyl halides is 3. The standard InChI is InChI=1S/C48H30F3NO3S3/c49-48(50,51)58(53,54)55-35-26-39-38-20-30(31-16-19-45-41(22-31)42-21-28-8-4-5-9-29(28)24-46(42)57-45)14-15-32(38)23-40(39)43(27-35)52(33-10-2-1-3-11-33)34-17-18-37-36-12-6-7-13-44(36)56-47(37)25-34/h1-15,17-18,20-22,24-27H,16,19,23H2. The number of allylic oxidation sites excluding steroid dienone is 1. The van der Waals surface area contributed by atoms with E-state index in [9.17, 15) is 21.6 Å². The summed E-state index contributed by atoms with van der Waals surface area (Å²) in [6, 6.07) is 46.0. The molecular weight excluding hydrogens is 792 g/mol. The number of aryl methyl sites for hydroxylation is 1. The van der Waals surface area contributed by atoms with Crippen molar-refractivity contribution in [1.82, 2.24) is 0 Å². The number of hydrogen-bond donors (Lipinski definition) is 0. The zero-order valence-electron chi connectivity index (χ0n) is 30.5. The Morgan fingerprint density at radius 1 is 0.621 bits per heavy atom. The van der Waals surface area contributed by atoms with Gasteiger partial charge in [-0.1, -0.05) is 78.9 Å². The Bertz CT molecular complexity index is 3310. The number of para-hydroxylation sites is 1. The topological polar surface area (TPSA) is 46.6 Å². The lowest BCUT2D eigenvalue weighted by Gasteiger charge is -2.28. The number of halogens is 3. The third-order valence-corrected chi connectivity index (χ3v) is 14.7. The van der Waals surface area contributed by atoms with Crippen LogP contribution in [0.1, 0.15) is 33.6 Å². The molecule has 11 rings (SSSR count). The Morgan fingerprint density at radius 2 is 1.36 bits per heavy atom. The molecule has 0 N–H and O–H groups in total. The SMILES string of the molecule is O=S(=O)(Oc1cc2c(c(N(c3ccccc3)c3ccc4c(c3)sc3ccccc34)c1)Cc1ccc(C3=Cc4c(sc5cc6ccccc6cc45)CC3)cc1-2)C(F)(F)F. The highest BCUT2D eigenvalue weighted by atomic mass is 32.2. The first-order valence-electron chi connectivity index (χ1n) is 18.8. The molecule has 2 aliphatic carbocycles. The van der Waals surface area contributed by atoms with Crippen molar-refractivity contribution in [1.29, 1.82) is 0 Å². The molecule has 0 atom stereocenters.